The number of nitrogens with one attached hydrogen (secondary N) is 2. The van der Waals surface area contributed by atoms with Crippen LogP contribution in [-0.4, -0.2) is 27.4 Å². The molecule has 1 aromatic rings. The largest absolute Gasteiger partial charge is 0.355 e. The lowest BCUT2D eigenvalue weighted by molar-refractivity contribution is -0.120. The van der Waals surface area contributed by atoms with Crippen molar-refractivity contribution in [3.8, 4) is 0 Å². The molecule has 0 bridgehead atoms. The fourth-order valence-electron chi connectivity index (χ4n) is 1.18. The van der Waals surface area contributed by atoms with Crippen molar-refractivity contribution < 1.29 is 13.2 Å². The van der Waals surface area contributed by atoms with E-state index in [0.717, 1.165) is 20.7 Å². The average Bonchev–Trinajstić information content (AvgIpc) is 2.65. The molecule has 1 aromatic heterocycles. The van der Waals surface area contributed by atoms with Gasteiger partial charge in [0.1, 0.15) is 4.21 Å². The Kier molecular flexibility index (Phi) is 5.97. The predicted octanol–water partition coefficient (Wildman–Crippen LogP) is 1.87. The number of hydrogen-bond acceptors (Lipinski definition) is 4. The molecule has 19 heavy (non-hydrogen) atoms. The molecule has 8 heteroatoms. The van der Waals surface area contributed by atoms with Crippen molar-refractivity contribution in [2.75, 3.05) is 13.1 Å². The van der Waals surface area contributed by atoms with Crippen molar-refractivity contribution in [3.63, 3.8) is 0 Å². The number of amides is 1. The van der Waals surface area contributed by atoms with E-state index < -0.39 is 10.0 Å². The third-order valence-electron chi connectivity index (χ3n) is 2.23. The SMILES string of the molecule is Cc1cc(S(=O)(=O)NCC(=O)NCC(C)C)sc1Br. The van der Waals surface area contributed by atoms with E-state index in [0.29, 0.717) is 12.5 Å². The zero-order valence-corrected chi connectivity index (χ0v) is 14.2. The summed E-state index contributed by atoms with van der Waals surface area (Å²) in [4.78, 5) is 11.5. The lowest BCUT2D eigenvalue weighted by atomic mass is 10.2. The molecule has 0 spiro atoms. The number of thiophene rings is 1. The van der Waals surface area contributed by atoms with Gasteiger partial charge in [0, 0.05) is 6.54 Å². The first kappa shape index (κ1) is 16.6. The molecule has 0 unspecified atom stereocenters. The van der Waals surface area contributed by atoms with Crippen LogP contribution in [0.5, 0.6) is 0 Å². The Morgan fingerprint density at radius 2 is 2.11 bits per heavy atom. The summed E-state index contributed by atoms with van der Waals surface area (Å²) in [6.07, 6.45) is 0. The highest BCUT2D eigenvalue weighted by molar-refractivity contribution is 9.11. The van der Waals surface area contributed by atoms with E-state index in [1.807, 2.05) is 20.8 Å². The van der Waals surface area contributed by atoms with Crippen LogP contribution in [0.3, 0.4) is 0 Å². The first-order valence-corrected chi connectivity index (χ1v) is 8.84. The summed E-state index contributed by atoms with van der Waals surface area (Å²) in [5, 5.41) is 2.65. The molecule has 5 nitrogen and oxygen atoms in total. The summed E-state index contributed by atoms with van der Waals surface area (Å²) in [7, 11) is -3.62. The van der Waals surface area contributed by atoms with Crippen molar-refractivity contribution in [3.05, 3.63) is 15.4 Å². The molecule has 0 aliphatic heterocycles. The summed E-state index contributed by atoms with van der Waals surface area (Å²) < 4.78 is 27.1. The highest BCUT2D eigenvalue weighted by atomic mass is 79.9. The third-order valence-corrected chi connectivity index (χ3v) is 6.24. The lowest BCUT2D eigenvalue weighted by Gasteiger charge is -2.08. The summed E-state index contributed by atoms with van der Waals surface area (Å²) in [6.45, 7) is 6.04. The maximum Gasteiger partial charge on any atom is 0.250 e. The normalized spacial score (nSPS) is 11.8. The number of sulfonamides is 1. The molecule has 1 amide bonds. The van der Waals surface area contributed by atoms with E-state index in [1.165, 1.54) is 0 Å². The number of hydrogen-bond donors (Lipinski definition) is 2. The second-order valence-corrected chi connectivity index (χ2v) is 8.91. The number of aryl methyl sites for hydroxylation is 1. The predicted molar refractivity (Wildman–Crippen MR) is 79.8 cm³/mol. The van der Waals surface area contributed by atoms with Gasteiger partial charge in [0.15, 0.2) is 0 Å². The van der Waals surface area contributed by atoms with Crippen molar-refractivity contribution in [2.45, 2.75) is 25.0 Å². The summed E-state index contributed by atoms with van der Waals surface area (Å²) >= 11 is 4.40. The quantitative estimate of drug-likeness (QED) is 0.804. The van der Waals surface area contributed by atoms with E-state index in [1.54, 1.807) is 6.07 Å². The van der Waals surface area contributed by atoms with Gasteiger partial charge in [-0.25, -0.2) is 13.1 Å². The molecule has 0 aliphatic rings. The molecule has 0 atom stereocenters. The van der Waals surface area contributed by atoms with Crippen LogP contribution in [0, 0.1) is 12.8 Å². The highest BCUT2D eigenvalue weighted by Gasteiger charge is 2.19. The zero-order chi connectivity index (χ0) is 14.6. The Bertz CT molecular complexity index is 533. The second-order valence-electron chi connectivity index (χ2n) is 4.54. The fraction of sp³-hybridized carbons (Fsp3) is 0.545. The molecule has 1 heterocycles. The topological polar surface area (TPSA) is 75.3 Å². The number of carbonyl (C=O) groups excluding carboxylic acids is 1. The van der Waals surface area contributed by atoms with Crippen LogP contribution in [0.25, 0.3) is 0 Å². The van der Waals surface area contributed by atoms with Crippen LogP contribution in [-0.2, 0) is 14.8 Å². The standard InChI is InChI=1S/C11H17BrN2O3S2/c1-7(2)5-13-9(15)6-14-19(16,17)10-4-8(3)11(12)18-10/h4,7,14H,5-6H2,1-3H3,(H,13,15). The van der Waals surface area contributed by atoms with E-state index >= 15 is 0 Å². The van der Waals surface area contributed by atoms with E-state index in [2.05, 4.69) is 26.0 Å². The van der Waals surface area contributed by atoms with Gasteiger partial charge < -0.3 is 5.32 Å². The van der Waals surface area contributed by atoms with Crippen LogP contribution < -0.4 is 10.0 Å². The zero-order valence-electron chi connectivity index (χ0n) is 11.0. The number of halogens is 1. The van der Waals surface area contributed by atoms with Crippen LogP contribution in [0.4, 0.5) is 0 Å². The lowest BCUT2D eigenvalue weighted by Crippen LogP contribution is -2.38. The maximum atomic E-state index is 11.9. The Morgan fingerprint density at radius 1 is 1.47 bits per heavy atom. The fourth-order valence-corrected chi connectivity index (χ4v) is 4.43. The Morgan fingerprint density at radius 3 is 2.58 bits per heavy atom. The van der Waals surface area contributed by atoms with E-state index in [9.17, 15) is 13.2 Å². The molecular weight excluding hydrogens is 352 g/mol. The van der Waals surface area contributed by atoms with Crippen molar-refractivity contribution in [1.29, 1.82) is 0 Å². The Balaban J connectivity index is 2.59. The molecule has 0 radical (unpaired) electrons. The van der Waals surface area contributed by atoms with Gasteiger partial charge in [0.05, 0.1) is 10.3 Å². The van der Waals surface area contributed by atoms with Gasteiger partial charge in [-0.05, 0) is 40.4 Å². The van der Waals surface area contributed by atoms with Crippen LogP contribution >= 0.6 is 27.3 Å². The van der Waals surface area contributed by atoms with Crippen LogP contribution in [0.2, 0.25) is 0 Å². The Hall–Kier alpha value is -0.440. The second kappa shape index (κ2) is 6.83. The summed E-state index contributed by atoms with van der Waals surface area (Å²) in [5.41, 5.74) is 0.856. The van der Waals surface area contributed by atoms with Crippen molar-refractivity contribution in [2.24, 2.45) is 5.92 Å². The first-order chi connectivity index (χ1) is 8.72. The van der Waals surface area contributed by atoms with Gasteiger partial charge in [-0.1, -0.05) is 13.8 Å². The molecule has 108 valence electrons. The highest BCUT2D eigenvalue weighted by Crippen LogP contribution is 2.30. The average molecular weight is 369 g/mol. The van der Waals surface area contributed by atoms with Crippen LogP contribution in [0.15, 0.2) is 14.1 Å². The van der Waals surface area contributed by atoms with Gasteiger partial charge >= 0.3 is 0 Å². The van der Waals surface area contributed by atoms with Gasteiger partial charge in [0.2, 0.25) is 5.91 Å². The van der Waals surface area contributed by atoms with E-state index in [4.69, 9.17) is 0 Å². The van der Waals surface area contributed by atoms with Crippen LogP contribution in [0.1, 0.15) is 19.4 Å². The van der Waals surface area contributed by atoms with Gasteiger partial charge in [-0.3, -0.25) is 4.79 Å². The molecule has 0 saturated carbocycles. The van der Waals surface area contributed by atoms with Gasteiger partial charge in [-0.15, -0.1) is 11.3 Å². The molecule has 0 saturated heterocycles. The summed E-state index contributed by atoms with van der Waals surface area (Å²) in [6, 6.07) is 1.57. The number of rotatable bonds is 6. The van der Waals surface area contributed by atoms with Crippen molar-refractivity contribution in [1.82, 2.24) is 10.0 Å². The monoisotopic (exact) mass is 368 g/mol. The maximum absolute atomic E-state index is 11.9. The Labute approximate surface area is 126 Å². The van der Waals surface area contributed by atoms with E-state index in [-0.39, 0.29) is 16.7 Å². The minimum atomic E-state index is -3.62. The van der Waals surface area contributed by atoms with Gasteiger partial charge in [0.25, 0.3) is 10.0 Å². The molecule has 2 N–H and O–H groups in total. The van der Waals surface area contributed by atoms with Crippen molar-refractivity contribution >= 4 is 43.2 Å². The molecule has 0 aromatic carbocycles. The molecular formula is C11H17BrN2O3S2. The van der Waals surface area contributed by atoms with Gasteiger partial charge in [-0.2, -0.15) is 0 Å². The minimum Gasteiger partial charge on any atom is -0.355 e. The molecule has 0 fully saturated rings. The smallest absolute Gasteiger partial charge is 0.250 e. The first-order valence-electron chi connectivity index (χ1n) is 5.74. The molecule has 0 aliphatic carbocycles. The third kappa shape index (κ3) is 5.21. The minimum absolute atomic E-state index is 0.202. The number of carbonyl (C=O) groups is 1. The summed E-state index contributed by atoms with van der Waals surface area (Å²) in [5.74, 6) is 0.000997. The molecule has 1 rings (SSSR count).